The zero-order valence-electron chi connectivity index (χ0n) is 9.06. The molecule has 0 aliphatic carbocycles. The monoisotopic (exact) mass is 212 g/mol. The quantitative estimate of drug-likeness (QED) is 0.653. The Morgan fingerprint density at radius 1 is 1.60 bits per heavy atom. The molecule has 0 saturated carbocycles. The molecule has 1 rings (SSSR count). The van der Waals surface area contributed by atoms with Crippen molar-refractivity contribution in [2.45, 2.75) is 26.8 Å². The molecule has 1 amide bonds. The fourth-order valence-electron chi connectivity index (χ4n) is 1.23. The van der Waals surface area contributed by atoms with Gasteiger partial charge < -0.3 is 10.5 Å². The Balaban J connectivity index is 2.58. The Bertz CT molecular complexity index is 335. The molecular formula is C9H16N4O2. The number of nitrogens with zero attached hydrogens (tertiary/aromatic N) is 3. The van der Waals surface area contributed by atoms with E-state index in [9.17, 15) is 4.79 Å². The summed E-state index contributed by atoms with van der Waals surface area (Å²) in [4.78, 5) is 10.7. The zero-order valence-corrected chi connectivity index (χ0v) is 9.06. The highest BCUT2D eigenvalue weighted by Crippen LogP contribution is 2.03. The number of primary amides is 1. The van der Waals surface area contributed by atoms with Crippen molar-refractivity contribution in [1.29, 1.82) is 0 Å². The Morgan fingerprint density at radius 2 is 2.33 bits per heavy atom. The molecule has 1 aromatic heterocycles. The number of amides is 1. The van der Waals surface area contributed by atoms with E-state index in [0.717, 1.165) is 5.69 Å². The standard InChI is InChI=1S/C9H16N4O2/c1-3-15-5-4-13-7(2)8(11-12-13)6-9(10)14/h3-6H2,1-2H3,(H2,10,14). The molecule has 0 aromatic carbocycles. The number of carbonyl (C=O) groups is 1. The first-order valence-corrected chi connectivity index (χ1v) is 4.90. The van der Waals surface area contributed by atoms with Gasteiger partial charge in [-0.15, -0.1) is 5.10 Å². The van der Waals surface area contributed by atoms with Crippen molar-refractivity contribution in [3.63, 3.8) is 0 Å². The van der Waals surface area contributed by atoms with Crippen LogP contribution in [0.2, 0.25) is 0 Å². The molecule has 0 bridgehead atoms. The first-order chi connectivity index (χ1) is 7.15. The van der Waals surface area contributed by atoms with Gasteiger partial charge in [0.25, 0.3) is 0 Å². The number of aromatic nitrogens is 3. The molecule has 0 aliphatic rings. The number of rotatable bonds is 6. The molecule has 0 radical (unpaired) electrons. The summed E-state index contributed by atoms with van der Waals surface area (Å²) in [6.45, 7) is 5.72. The van der Waals surface area contributed by atoms with E-state index in [0.29, 0.717) is 25.5 Å². The number of carbonyl (C=O) groups excluding carboxylic acids is 1. The van der Waals surface area contributed by atoms with Crippen LogP contribution in [-0.2, 0) is 22.5 Å². The Hall–Kier alpha value is -1.43. The summed E-state index contributed by atoms with van der Waals surface area (Å²) >= 11 is 0. The normalized spacial score (nSPS) is 10.5. The summed E-state index contributed by atoms with van der Waals surface area (Å²) in [5, 5.41) is 7.81. The molecule has 6 nitrogen and oxygen atoms in total. The predicted octanol–water partition coefficient (Wildman–Crippen LogP) is -0.349. The van der Waals surface area contributed by atoms with E-state index in [1.807, 2.05) is 13.8 Å². The molecule has 0 unspecified atom stereocenters. The van der Waals surface area contributed by atoms with Gasteiger partial charge in [0.05, 0.1) is 31.0 Å². The van der Waals surface area contributed by atoms with Crippen LogP contribution in [0.1, 0.15) is 18.3 Å². The summed E-state index contributed by atoms with van der Waals surface area (Å²) in [7, 11) is 0. The lowest BCUT2D eigenvalue weighted by Crippen LogP contribution is -2.15. The minimum absolute atomic E-state index is 0.139. The van der Waals surface area contributed by atoms with Gasteiger partial charge in [-0.25, -0.2) is 4.68 Å². The molecule has 2 N–H and O–H groups in total. The third kappa shape index (κ3) is 3.32. The van der Waals surface area contributed by atoms with E-state index in [1.165, 1.54) is 0 Å². The van der Waals surface area contributed by atoms with E-state index < -0.39 is 5.91 Å². The van der Waals surface area contributed by atoms with Gasteiger partial charge in [0.15, 0.2) is 0 Å². The fraction of sp³-hybridized carbons (Fsp3) is 0.667. The van der Waals surface area contributed by atoms with E-state index in [1.54, 1.807) is 4.68 Å². The second-order valence-electron chi connectivity index (χ2n) is 3.18. The summed E-state index contributed by atoms with van der Waals surface area (Å²) < 4.78 is 6.92. The minimum atomic E-state index is -0.394. The van der Waals surface area contributed by atoms with Gasteiger partial charge in [0.1, 0.15) is 0 Å². The lowest BCUT2D eigenvalue weighted by Gasteiger charge is -2.03. The van der Waals surface area contributed by atoms with Crippen LogP contribution in [0.25, 0.3) is 0 Å². The highest BCUT2D eigenvalue weighted by Gasteiger charge is 2.10. The van der Waals surface area contributed by atoms with E-state index >= 15 is 0 Å². The van der Waals surface area contributed by atoms with Crippen LogP contribution in [0, 0.1) is 6.92 Å². The average Bonchev–Trinajstić information content (AvgIpc) is 2.49. The second-order valence-corrected chi connectivity index (χ2v) is 3.18. The van der Waals surface area contributed by atoms with Crippen LogP contribution < -0.4 is 5.73 Å². The molecule has 0 spiro atoms. The van der Waals surface area contributed by atoms with Crippen molar-refractivity contribution in [1.82, 2.24) is 15.0 Å². The highest BCUT2D eigenvalue weighted by molar-refractivity contribution is 5.76. The van der Waals surface area contributed by atoms with Crippen molar-refractivity contribution in [3.8, 4) is 0 Å². The van der Waals surface area contributed by atoms with Gasteiger partial charge in [0.2, 0.25) is 5.91 Å². The maximum Gasteiger partial charge on any atom is 0.223 e. The molecule has 0 fully saturated rings. The minimum Gasteiger partial charge on any atom is -0.380 e. The van der Waals surface area contributed by atoms with Crippen LogP contribution in [0.5, 0.6) is 0 Å². The molecule has 0 aliphatic heterocycles. The fourth-order valence-corrected chi connectivity index (χ4v) is 1.23. The smallest absolute Gasteiger partial charge is 0.223 e. The maximum absolute atomic E-state index is 10.7. The third-order valence-corrected chi connectivity index (χ3v) is 2.07. The van der Waals surface area contributed by atoms with Gasteiger partial charge in [-0.05, 0) is 13.8 Å². The number of ether oxygens (including phenoxy) is 1. The lowest BCUT2D eigenvalue weighted by molar-refractivity contribution is -0.117. The van der Waals surface area contributed by atoms with Crippen molar-refractivity contribution in [3.05, 3.63) is 11.4 Å². The van der Waals surface area contributed by atoms with Crippen LogP contribution in [0.4, 0.5) is 0 Å². The average molecular weight is 212 g/mol. The van der Waals surface area contributed by atoms with Crippen LogP contribution in [0.3, 0.4) is 0 Å². The molecular weight excluding hydrogens is 196 g/mol. The summed E-state index contributed by atoms with van der Waals surface area (Å²) in [5.41, 5.74) is 6.59. The lowest BCUT2D eigenvalue weighted by atomic mass is 10.2. The van der Waals surface area contributed by atoms with Gasteiger partial charge in [-0.2, -0.15) is 0 Å². The Labute approximate surface area is 88.4 Å². The van der Waals surface area contributed by atoms with Gasteiger partial charge in [-0.1, -0.05) is 5.21 Å². The predicted molar refractivity (Wildman–Crippen MR) is 54.2 cm³/mol. The third-order valence-electron chi connectivity index (χ3n) is 2.07. The number of nitrogens with two attached hydrogens (primary N) is 1. The molecule has 0 saturated heterocycles. The number of hydrogen-bond acceptors (Lipinski definition) is 4. The largest absolute Gasteiger partial charge is 0.380 e. The molecule has 15 heavy (non-hydrogen) atoms. The van der Waals surface area contributed by atoms with Gasteiger partial charge in [0, 0.05) is 6.61 Å². The Kier molecular flexibility index (Phi) is 4.23. The molecule has 6 heteroatoms. The van der Waals surface area contributed by atoms with Gasteiger partial charge >= 0.3 is 0 Å². The van der Waals surface area contributed by atoms with Crippen molar-refractivity contribution in [2.75, 3.05) is 13.2 Å². The molecule has 0 atom stereocenters. The van der Waals surface area contributed by atoms with E-state index in [2.05, 4.69) is 10.3 Å². The SMILES string of the molecule is CCOCCn1nnc(CC(N)=O)c1C. The van der Waals surface area contributed by atoms with E-state index in [-0.39, 0.29) is 6.42 Å². The zero-order chi connectivity index (χ0) is 11.3. The molecule has 84 valence electrons. The van der Waals surface area contributed by atoms with Crippen molar-refractivity contribution < 1.29 is 9.53 Å². The Morgan fingerprint density at radius 3 is 2.93 bits per heavy atom. The summed E-state index contributed by atoms with van der Waals surface area (Å²) in [5.74, 6) is -0.394. The van der Waals surface area contributed by atoms with Gasteiger partial charge in [-0.3, -0.25) is 4.79 Å². The summed E-state index contributed by atoms with van der Waals surface area (Å²) in [6, 6.07) is 0. The highest BCUT2D eigenvalue weighted by atomic mass is 16.5. The van der Waals surface area contributed by atoms with Crippen LogP contribution >= 0.6 is 0 Å². The molecule has 1 heterocycles. The second kappa shape index (κ2) is 5.45. The maximum atomic E-state index is 10.7. The van der Waals surface area contributed by atoms with Crippen LogP contribution in [-0.4, -0.2) is 34.1 Å². The van der Waals surface area contributed by atoms with Crippen molar-refractivity contribution in [2.24, 2.45) is 5.73 Å². The van der Waals surface area contributed by atoms with Crippen LogP contribution in [0.15, 0.2) is 0 Å². The number of hydrogen-bond donors (Lipinski definition) is 1. The van der Waals surface area contributed by atoms with Crippen molar-refractivity contribution >= 4 is 5.91 Å². The van der Waals surface area contributed by atoms with E-state index in [4.69, 9.17) is 10.5 Å². The molecule has 1 aromatic rings. The summed E-state index contributed by atoms with van der Waals surface area (Å²) in [6.07, 6.45) is 0.139. The topological polar surface area (TPSA) is 83.0 Å². The first kappa shape index (κ1) is 11.6. The first-order valence-electron chi connectivity index (χ1n) is 4.90.